The summed E-state index contributed by atoms with van der Waals surface area (Å²) in [6.07, 6.45) is 12.2. The fraction of sp³-hybridized carbons (Fsp3) is 0.214. The Hall–Kier alpha value is -4.50. The number of fused-ring (bicyclic) bond motifs is 2. The van der Waals surface area contributed by atoms with Gasteiger partial charge in [0.15, 0.2) is 5.65 Å². The van der Waals surface area contributed by atoms with E-state index in [0.717, 1.165) is 55.6 Å². The number of H-pyrrole nitrogens is 2. The van der Waals surface area contributed by atoms with Crippen LogP contribution in [0.1, 0.15) is 27.2 Å². The summed E-state index contributed by atoms with van der Waals surface area (Å²) >= 11 is 0. The topological polar surface area (TPSA) is 129 Å². The highest BCUT2D eigenvalue weighted by Gasteiger charge is 2.18. The Bertz CT molecular complexity index is 1690. The number of aromatic nitrogens is 6. The Morgan fingerprint density at radius 2 is 1.81 bits per heavy atom. The molecule has 6 aromatic rings. The maximum absolute atomic E-state index is 10.4. The van der Waals surface area contributed by atoms with Gasteiger partial charge in [0.1, 0.15) is 11.9 Å². The number of aliphatic hydroxyl groups is 1. The molecule has 4 N–H and O–H groups in total. The average molecular weight is 494 g/mol. The molecule has 6 rings (SSSR count). The number of pyridine rings is 3. The molecule has 0 amide bonds. The van der Waals surface area contributed by atoms with E-state index in [1.54, 1.807) is 37.3 Å². The second kappa shape index (κ2) is 8.86. The lowest BCUT2D eigenvalue weighted by Gasteiger charge is -2.23. The molecular weight excluding hydrogens is 466 g/mol. The standard InChI is InChI=1S/C28H27N7O2/c1-28(2,3)9-25(36)32-19-6-17(10-29-12-19)18-7-21-26(34-35-27(21)31-11-18)23-8-20-22(16-4-5-37-15-16)13-30-14-24(20)33-23/h4-8,10-15,25,32-33,36H,9H2,1-3H3,(H,31,34,35). The SMILES string of the molecule is CC(C)(C)CC(O)Nc1cncc(-c2cnc3[nH]nc(-c4cc5c(-c6ccoc6)cncc5[nH]4)c3c2)c1. The molecular formula is C28H27N7O2. The lowest BCUT2D eigenvalue weighted by Crippen LogP contribution is -2.25. The Labute approximate surface area is 213 Å². The molecule has 9 heteroatoms. The zero-order valence-corrected chi connectivity index (χ0v) is 20.8. The lowest BCUT2D eigenvalue weighted by molar-refractivity contribution is 0.145. The first-order chi connectivity index (χ1) is 17.8. The van der Waals surface area contributed by atoms with E-state index in [1.807, 2.05) is 24.4 Å². The van der Waals surface area contributed by atoms with Crippen molar-refractivity contribution in [3.63, 3.8) is 0 Å². The second-order valence-electron chi connectivity index (χ2n) is 10.4. The first-order valence-corrected chi connectivity index (χ1v) is 12.1. The van der Waals surface area contributed by atoms with Crippen molar-refractivity contribution in [2.45, 2.75) is 33.4 Å². The van der Waals surface area contributed by atoms with Gasteiger partial charge in [0, 0.05) is 51.6 Å². The lowest BCUT2D eigenvalue weighted by atomic mass is 9.91. The van der Waals surface area contributed by atoms with Crippen LogP contribution in [-0.2, 0) is 0 Å². The summed E-state index contributed by atoms with van der Waals surface area (Å²) in [5.41, 5.74) is 7.70. The third-order valence-electron chi connectivity index (χ3n) is 6.26. The van der Waals surface area contributed by atoms with Crippen molar-refractivity contribution in [3.8, 4) is 33.6 Å². The summed E-state index contributed by atoms with van der Waals surface area (Å²) in [6, 6.07) is 8.01. The third-order valence-corrected chi connectivity index (χ3v) is 6.26. The van der Waals surface area contributed by atoms with Crippen molar-refractivity contribution in [3.05, 3.63) is 67.8 Å². The van der Waals surface area contributed by atoms with E-state index >= 15 is 0 Å². The van der Waals surface area contributed by atoms with Gasteiger partial charge >= 0.3 is 0 Å². The van der Waals surface area contributed by atoms with Crippen LogP contribution in [0.5, 0.6) is 0 Å². The third kappa shape index (κ3) is 4.56. The van der Waals surface area contributed by atoms with Gasteiger partial charge in [-0.1, -0.05) is 20.8 Å². The summed E-state index contributed by atoms with van der Waals surface area (Å²) in [4.78, 5) is 16.8. The summed E-state index contributed by atoms with van der Waals surface area (Å²) < 4.78 is 5.27. The van der Waals surface area contributed by atoms with E-state index < -0.39 is 6.23 Å². The first-order valence-electron chi connectivity index (χ1n) is 12.1. The Morgan fingerprint density at radius 3 is 2.62 bits per heavy atom. The smallest absolute Gasteiger partial charge is 0.155 e. The molecule has 0 saturated carbocycles. The van der Waals surface area contributed by atoms with Gasteiger partial charge in [-0.05, 0) is 36.1 Å². The molecule has 6 aromatic heterocycles. The van der Waals surface area contributed by atoms with Gasteiger partial charge < -0.3 is 19.8 Å². The molecule has 0 spiro atoms. The number of furan rings is 1. The van der Waals surface area contributed by atoms with Crippen molar-refractivity contribution in [1.29, 1.82) is 0 Å². The van der Waals surface area contributed by atoms with Gasteiger partial charge in [-0.15, -0.1) is 0 Å². The Morgan fingerprint density at radius 1 is 0.973 bits per heavy atom. The molecule has 0 aliphatic carbocycles. The molecule has 0 aromatic carbocycles. The minimum Gasteiger partial charge on any atom is -0.472 e. The van der Waals surface area contributed by atoms with Crippen LogP contribution in [0.15, 0.2) is 72.2 Å². The fourth-order valence-corrected chi connectivity index (χ4v) is 4.59. The van der Waals surface area contributed by atoms with Gasteiger partial charge in [0.2, 0.25) is 0 Å². The fourth-order valence-electron chi connectivity index (χ4n) is 4.59. The molecule has 0 radical (unpaired) electrons. The Balaban J connectivity index is 1.36. The highest BCUT2D eigenvalue weighted by atomic mass is 16.3. The normalized spacial score (nSPS) is 12.9. The molecule has 0 bridgehead atoms. The van der Waals surface area contributed by atoms with Crippen molar-refractivity contribution in [2.24, 2.45) is 5.41 Å². The van der Waals surface area contributed by atoms with Gasteiger partial charge in [0.05, 0.1) is 41.8 Å². The van der Waals surface area contributed by atoms with Gasteiger partial charge in [0.25, 0.3) is 0 Å². The number of aromatic amines is 2. The maximum Gasteiger partial charge on any atom is 0.155 e. The number of hydrogen-bond donors (Lipinski definition) is 4. The molecule has 1 unspecified atom stereocenters. The number of nitrogens with one attached hydrogen (secondary N) is 3. The van der Waals surface area contributed by atoms with E-state index in [4.69, 9.17) is 4.42 Å². The van der Waals surface area contributed by atoms with Crippen LogP contribution in [0.3, 0.4) is 0 Å². The quantitative estimate of drug-likeness (QED) is 0.210. The summed E-state index contributed by atoms with van der Waals surface area (Å²) in [6.45, 7) is 6.29. The molecule has 9 nitrogen and oxygen atoms in total. The molecule has 37 heavy (non-hydrogen) atoms. The van der Waals surface area contributed by atoms with Crippen LogP contribution in [0.4, 0.5) is 5.69 Å². The van der Waals surface area contributed by atoms with Crippen molar-refractivity contribution < 1.29 is 9.52 Å². The van der Waals surface area contributed by atoms with Crippen molar-refractivity contribution in [2.75, 3.05) is 5.32 Å². The number of aliphatic hydroxyl groups excluding tert-OH is 1. The molecule has 0 aliphatic heterocycles. The van der Waals surface area contributed by atoms with Gasteiger partial charge in [-0.3, -0.25) is 15.1 Å². The zero-order valence-electron chi connectivity index (χ0n) is 20.8. The van der Waals surface area contributed by atoms with Gasteiger partial charge in [-0.2, -0.15) is 5.10 Å². The number of rotatable bonds is 6. The zero-order chi connectivity index (χ0) is 25.6. The number of hydrogen-bond acceptors (Lipinski definition) is 7. The summed E-state index contributed by atoms with van der Waals surface area (Å²) in [5.74, 6) is 0. The van der Waals surface area contributed by atoms with Gasteiger partial charge in [-0.25, -0.2) is 4.98 Å². The second-order valence-corrected chi connectivity index (χ2v) is 10.4. The number of nitrogens with zero attached hydrogens (tertiary/aromatic N) is 4. The predicted molar refractivity (Wildman–Crippen MR) is 144 cm³/mol. The Kier molecular flexibility index (Phi) is 5.49. The first kappa shape index (κ1) is 22.9. The van der Waals surface area contributed by atoms with Crippen LogP contribution in [-0.4, -0.2) is 41.5 Å². The highest BCUT2D eigenvalue weighted by Crippen LogP contribution is 2.34. The van der Waals surface area contributed by atoms with Crippen molar-refractivity contribution >= 4 is 27.6 Å². The van der Waals surface area contributed by atoms with Crippen LogP contribution >= 0.6 is 0 Å². The van der Waals surface area contributed by atoms with Crippen LogP contribution < -0.4 is 5.32 Å². The maximum atomic E-state index is 10.4. The average Bonchev–Trinajstić information content (AvgIpc) is 3.61. The highest BCUT2D eigenvalue weighted by molar-refractivity contribution is 6.00. The van der Waals surface area contributed by atoms with Crippen LogP contribution in [0.25, 0.3) is 55.6 Å². The molecule has 0 aliphatic rings. The monoisotopic (exact) mass is 493 g/mol. The minimum atomic E-state index is -0.665. The summed E-state index contributed by atoms with van der Waals surface area (Å²) in [7, 11) is 0. The van der Waals surface area contributed by atoms with E-state index in [0.29, 0.717) is 12.1 Å². The molecule has 0 fully saturated rings. The largest absolute Gasteiger partial charge is 0.472 e. The molecule has 186 valence electrons. The van der Waals surface area contributed by atoms with Crippen molar-refractivity contribution in [1.82, 2.24) is 30.1 Å². The molecule has 6 heterocycles. The minimum absolute atomic E-state index is 0.00205. The molecule has 1 atom stereocenters. The van der Waals surface area contributed by atoms with Crippen LogP contribution in [0.2, 0.25) is 0 Å². The van der Waals surface area contributed by atoms with E-state index in [-0.39, 0.29) is 5.41 Å². The van der Waals surface area contributed by atoms with E-state index in [2.05, 4.69) is 62.3 Å². The predicted octanol–water partition coefficient (Wildman–Crippen LogP) is 5.99. The number of anilines is 1. The summed E-state index contributed by atoms with van der Waals surface area (Å²) in [5, 5.41) is 23.1. The van der Waals surface area contributed by atoms with Crippen LogP contribution in [0, 0.1) is 5.41 Å². The molecule has 0 saturated heterocycles. The van der Waals surface area contributed by atoms with E-state index in [1.165, 1.54) is 0 Å². The van der Waals surface area contributed by atoms with E-state index in [9.17, 15) is 5.11 Å².